The Labute approximate surface area is 130 Å². The van der Waals surface area contributed by atoms with Crippen molar-refractivity contribution in [3.8, 4) is 0 Å². The molecule has 0 radical (unpaired) electrons. The lowest BCUT2D eigenvalue weighted by molar-refractivity contribution is -0.383. The lowest BCUT2D eigenvalue weighted by atomic mass is 10.3. The molecule has 0 amide bonds. The maximum atomic E-state index is 11.4. The van der Waals surface area contributed by atoms with E-state index in [1.54, 1.807) is 49.1 Å². The summed E-state index contributed by atoms with van der Waals surface area (Å²) in [5, 5.41) is 17.2. The van der Waals surface area contributed by atoms with E-state index in [2.05, 4.69) is 30.6 Å². The standard InChI is InChI=1S/C14H11N7O2/c22-21(23)12-13(19-10-1-5-15-6-2-10)17-9-18-14(12)20-11-3-7-16-8-4-11/h1-9H,(H2,15,16,17,18,19,20). The van der Waals surface area contributed by atoms with Crippen LogP contribution in [0.4, 0.5) is 28.7 Å². The van der Waals surface area contributed by atoms with Gasteiger partial charge in [0.2, 0.25) is 11.6 Å². The second-order valence-electron chi connectivity index (χ2n) is 4.40. The van der Waals surface area contributed by atoms with E-state index in [-0.39, 0.29) is 17.3 Å². The number of nitrogens with zero attached hydrogens (tertiary/aromatic N) is 5. The summed E-state index contributed by atoms with van der Waals surface area (Å²) >= 11 is 0. The minimum atomic E-state index is -0.535. The molecule has 3 aromatic heterocycles. The highest BCUT2D eigenvalue weighted by molar-refractivity contribution is 5.76. The molecule has 0 atom stereocenters. The van der Waals surface area contributed by atoms with Gasteiger partial charge in [-0.3, -0.25) is 20.1 Å². The molecular formula is C14H11N7O2. The topological polar surface area (TPSA) is 119 Å². The van der Waals surface area contributed by atoms with Crippen molar-refractivity contribution < 1.29 is 4.92 Å². The van der Waals surface area contributed by atoms with Gasteiger partial charge in [0, 0.05) is 36.2 Å². The maximum absolute atomic E-state index is 11.4. The van der Waals surface area contributed by atoms with Crippen LogP contribution in [0.2, 0.25) is 0 Å². The van der Waals surface area contributed by atoms with Crippen molar-refractivity contribution in [3.05, 3.63) is 65.5 Å². The van der Waals surface area contributed by atoms with E-state index >= 15 is 0 Å². The third-order valence-electron chi connectivity index (χ3n) is 2.89. The molecule has 0 unspecified atom stereocenters. The largest absolute Gasteiger partial charge is 0.353 e. The Kier molecular flexibility index (Phi) is 4.01. The van der Waals surface area contributed by atoms with Crippen molar-refractivity contribution in [2.45, 2.75) is 0 Å². The molecule has 3 aromatic rings. The van der Waals surface area contributed by atoms with Gasteiger partial charge >= 0.3 is 5.69 Å². The van der Waals surface area contributed by atoms with Crippen LogP contribution in [0.15, 0.2) is 55.4 Å². The molecule has 0 bridgehead atoms. The number of pyridine rings is 2. The van der Waals surface area contributed by atoms with Crippen molar-refractivity contribution in [2.24, 2.45) is 0 Å². The van der Waals surface area contributed by atoms with Crippen LogP contribution in [0, 0.1) is 10.1 Å². The van der Waals surface area contributed by atoms with Crippen molar-refractivity contribution in [2.75, 3.05) is 10.6 Å². The predicted molar refractivity (Wildman–Crippen MR) is 83.7 cm³/mol. The van der Waals surface area contributed by atoms with Crippen LogP contribution in [0.25, 0.3) is 0 Å². The Balaban J connectivity index is 1.97. The predicted octanol–water partition coefficient (Wildman–Crippen LogP) is 2.66. The van der Waals surface area contributed by atoms with Gasteiger partial charge in [0.1, 0.15) is 6.33 Å². The van der Waals surface area contributed by atoms with Crippen LogP contribution < -0.4 is 10.6 Å². The highest BCUT2D eigenvalue weighted by Gasteiger charge is 2.23. The molecule has 114 valence electrons. The number of hydrogen-bond acceptors (Lipinski definition) is 8. The van der Waals surface area contributed by atoms with Crippen molar-refractivity contribution in [1.29, 1.82) is 0 Å². The SMILES string of the molecule is O=[N+]([O-])c1c(Nc2ccncc2)ncnc1Nc1ccncc1. The summed E-state index contributed by atoms with van der Waals surface area (Å²) < 4.78 is 0. The Morgan fingerprint density at radius 3 is 1.65 bits per heavy atom. The van der Waals surface area contributed by atoms with Gasteiger partial charge < -0.3 is 10.6 Å². The van der Waals surface area contributed by atoms with Gasteiger partial charge in [-0.1, -0.05) is 0 Å². The Bertz CT molecular complexity index is 752. The zero-order valence-electron chi connectivity index (χ0n) is 11.7. The number of aromatic nitrogens is 4. The van der Waals surface area contributed by atoms with E-state index in [0.29, 0.717) is 11.4 Å². The lowest BCUT2D eigenvalue weighted by Crippen LogP contribution is -2.05. The molecule has 0 aliphatic carbocycles. The summed E-state index contributed by atoms with van der Waals surface area (Å²) in [7, 11) is 0. The van der Waals surface area contributed by atoms with Crippen LogP contribution >= 0.6 is 0 Å². The van der Waals surface area contributed by atoms with Gasteiger partial charge in [-0.2, -0.15) is 0 Å². The van der Waals surface area contributed by atoms with Crippen molar-refractivity contribution in [1.82, 2.24) is 19.9 Å². The van der Waals surface area contributed by atoms with Crippen LogP contribution in [0.3, 0.4) is 0 Å². The first-order chi connectivity index (χ1) is 11.2. The molecule has 3 rings (SSSR count). The van der Waals surface area contributed by atoms with E-state index in [0.717, 1.165) is 0 Å². The molecule has 9 nitrogen and oxygen atoms in total. The summed E-state index contributed by atoms with van der Waals surface area (Å²) in [4.78, 5) is 26.6. The van der Waals surface area contributed by atoms with Gasteiger partial charge in [0.05, 0.1) is 4.92 Å². The van der Waals surface area contributed by atoms with E-state index in [9.17, 15) is 10.1 Å². The molecular weight excluding hydrogens is 298 g/mol. The summed E-state index contributed by atoms with van der Waals surface area (Å²) in [6.45, 7) is 0. The molecule has 0 aromatic carbocycles. The zero-order valence-corrected chi connectivity index (χ0v) is 11.7. The molecule has 0 saturated carbocycles. The molecule has 3 heterocycles. The highest BCUT2D eigenvalue weighted by atomic mass is 16.6. The number of nitro groups is 1. The second-order valence-corrected chi connectivity index (χ2v) is 4.40. The van der Waals surface area contributed by atoms with E-state index in [1.165, 1.54) is 6.33 Å². The number of hydrogen-bond donors (Lipinski definition) is 2. The average Bonchev–Trinajstić information content (AvgIpc) is 2.56. The van der Waals surface area contributed by atoms with E-state index < -0.39 is 4.92 Å². The van der Waals surface area contributed by atoms with E-state index in [4.69, 9.17) is 0 Å². The first-order valence-electron chi connectivity index (χ1n) is 6.57. The lowest BCUT2D eigenvalue weighted by Gasteiger charge is -2.09. The zero-order chi connectivity index (χ0) is 16.1. The van der Waals surface area contributed by atoms with Gasteiger partial charge in [-0.15, -0.1) is 0 Å². The number of anilines is 4. The van der Waals surface area contributed by atoms with Crippen LogP contribution in [0.5, 0.6) is 0 Å². The molecule has 0 fully saturated rings. The summed E-state index contributed by atoms with van der Waals surface area (Å²) in [5.41, 5.74) is 1.02. The van der Waals surface area contributed by atoms with E-state index in [1.807, 2.05) is 0 Å². The maximum Gasteiger partial charge on any atom is 0.353 e. The van der Waals surface area contributed by atoms with Gasteiger partial charge in [0.15, 0.2) is 0 Å². The fourth-order valence-electron chi connectivity index (χ4n) is 1.88. The van der Waals surface area contributed by atoms with Crippen molar-refractivity contribution in [3.63, 3.8) is 0 Å². The molecule has 9 heteroatoms. The quantitative estimate of drug-likeness (QED) is 0.545. The fraction of sp³-hybridized carbons (Fsp3) is 0. The third-order valence-corrected chi connectivity index (χ3v) is 2.89. The average molecular weight is 309 g/mol. The third kappa shape index (κ3) is 3.35. The Hall–Kier alpha value is -3.62. The Morgan fingerprint density at radius 2 is 1.26 bits per heavy atom. The normalized spacial score (nSPS) is 10.1. The minimum absolute atomic E-state index is 0.0905. The monoisotopic (exact) mass is 309 g/mol. The van der Waals surface area contributed by atoms with Gasteiger partial charge in [-0.25, -0.2) is 9.97 Å². The van der Waals surface area contributed by atoms with Crippen molar-refractivity contribution >= 4 is 28.7 Å². The first-order valence-corrected chi connectivity index (χ1v) is 6.57. The highest BCUT2D eigenvalue weighted by Crippen LogP contribution is 2.32. The molecule has 2 N–H and O–H groups in total. The molecule has 23 heavy (non-hydrogen) atoms. The molecule has 0 spiro atoms. The first kappa shape index (κ1) is 14.3. The van der Waals surface area contributed by atoms with Crippen LogP contribution in [0.1, 0.15) is 0 Å². The Morgan fingerprint density at radius 1 is 0.826 bits per heavy atom. The van der Waals surface area contributed by atoms with Crippen LogP contribution in [-0.4, -0.2) is 24.9 Å². The summed E-state index contributed by atoms with van der Waals surface area (Å²) in [5.74, 6) is 0.181. The number of nitrogens with one attached hydrogen (secondary N) is 2. The fourth-order valence-corrected chi connectivity index (χ4v) is 1.88. The minimum Gasteiger partial charge on any atom is -0.334 e. The molecule has 0 aliphatic rings. The number of rotatable bonds is 5. The summed E-state index contributed by atoms with van der Waals surface area (Å²) in [6, 6.07) is 6.73. The second kappa shape index (κ2) is 6.43. The van der Waals surface area contributed by atoms with Gasteiger partial charge in [0.25, 0.3) is 0 Å². The molecule has 0 aliphatic heterocycles. The summed E-state index contributed by atoms with van der Waals surface area (Å²) in [6.07, 6.45) is 7.55. The van der Waals surface area contributed by atoms with Gasteiger partial charge in [-0.05, 0) is 24.3 Å². The molecule has 0 saturated heterocycles. The van der Waals surface area contributed by atoms with Crippen LogP contribution in [-0.2, 0) is 0 Å². The smallest absolute Gasteiger partial charge is 0.334 e.